The topological polar surface area (TPSA) is 108 Å². The van der Waals surface area contributed by atoms with Crippen LogP contribution in [0.15, 0.2) is 60.9 Å². The van der Waals surface area contributed by atoms with E-state index in [-0.39, 0.29) is 5.91 Å². The molecule has 4 rings (SSSR count). The highest BCUT2D eigenvalue weighted by Crippen LogP contribution is 2.31. The molecule has 2 heterocycles. The molecular formula is C22H22N6O2. The molecule has 30 heavy (non-hydrogen) atoms. The van der Waals surface area contributed by atoms with Crippen LogP contribution in [0.3, 0.4) is 0 Å². The third kappa shape index (κ3) is 4.07. The van der Waals surface area contributed by atoms with Crippen LogP contribution in [-0.4, -0.2) is 32.2 Å². The van der Waals surface area contributed by atoms with Crippen molar-refractivity contribution in [2.24, 2.45) is 0 Å². The van der Waals surface area contributed by atoms with Crippen LogP contribution in [0, 0.1) is 0 Å². The predicted octanol–water partition coefficient (Wildman–Crippen LogP) is 3.39. The molecule has 0 fully saturated rings. The van der Waals surface area contributed by atoms with Crippen LogP contribution in [0.4, 0.5) is 5.82 Å². The van der Waals surface area contributed by atoms with E-state index in [1.165, 1.54) is 6.33 Å². The molecule has 0 unspecified atom stereocenters. The van der Waals surface area contributed by atoms with Crippen molar-refractivity contribution in [2.45, 2.75) is 19.9 Å². The highest BCUT2D eigenvalue weighted by atomic mass is 16.5. The summed E-state index contributed by atoms with van der Waals surface area (Å²) in [7, 11) is 0. The Balaban J connectivity index is 1.62. The molecule has 3 N–H and O–H groups in total. The van der Waals surface area contributed by atoms with Gasteiger partial charge in [-0.15, -0.1) is 0 Å². The first-order valence-electron chi connectivity index (χ1n) is 9.72. The number of hydrogen-bond donors (Lipinski definition) is 2. The van der Waals surface area contributed by atoms with E-state index in [4.69, 9.17) is 15.6 Å². The number of fused-ring (bicyclic) bond motifs is 1. The van der Waals surface area contributed by atoms with E-state index in [1.54, 1.807) is 4.68 Å². The van der Waals surface area contributed by atoms with Crippen molar-refractivity contribution in [1.82, 2.24) is 25.1 Å². The van der Waals surface area contributed by atoms with E-state index >= 15 is 0 Å². The standard InChI is InChI=1S/C22H22N6O2/c1-2-18(29)24-12-13-28-22-19(21(23)25-14-26-22)20(27-28)15-8-10-17(11-9-15)30-16-6-4-3-5-7-16/h3-11,14H,2,12-13H2,1H3,(H,24,29)(H2,23,25,26). The first-order valence-corrected chi connectivity index (χ1v) is 9.72. The lowest BCUT2D eigenvalue weighted by molar-refractivity contribution is -0.120. The number of aromatic nitrogens is 4. The van der Waals surface area contributed by atoms with Gasteiger partial charge in [0.2, 0.25) is 5.91 Å². The number of nitrogen functional groups attached to an aromatic ring is 1. The van der Waals surface area contributed by atoms with Gasteiger partial charge in [-0.1, -0.05) is 25.1 Å². The van der Waals surface area contributed by atoms with Crippen molar-refractivity contribution >= 4 is 22.8 Å². The Morgan fingerprint density at radius 3 is 2.53 bits per heavy atom. The number of anilines is 1. The third-order valence-electron chi connectivity index (χ3n) is 4.63. The van der Waals surface area contributed by atoms with Crippen molar-refractivity contribution in [3.8, 4) is 22.8 Å². The molecule has 0 bridgehead atoms. The number of nitrogens with one attached hydrogen (secondary N) is 1. The van der Waals surface area contributed by atoms with Crippen LogP contribution in [0.1, 0.15) is 13.3 Å². The number of benzene rings is 2. The van der Waals surface area contributed by atoms with Crippen LogP contribution in [0.5, 0.6) is 11.5 Å². The zero-order valence-electron chi connectivity index (χ0n) is 16.6. The van der Waals surface area contributed by atoms with Crippen molar-refractivity contribution in [3.05, 3.63) is 60.9 Å². The second kappa shape index (κ2) is 8.60. The van der Waals surface area contributed by atoms with E-state index in [1.807, 2.05) is 61.5 Å². The summed E-state index contributed by atoms with van der Waals surface area (Å²) in [4.78, 5) is 20.0. The summed E-state index contributed by atoms with van der Waals surface area (Å²) in [5, 5.41) is 8.24. The fourth-order valence-corrected chi connectivity index (χ4v) is 3.12. The molecule has 0 spiro atoms. The second-order valence-electron chi connectivity index (χ2n) is 6.67. The molecular weight excluding hydrogens is 380 g/mol. The molecule has 4 aromatic rings. The summed E-state index contributed by atoms with van der Waals surface area (Å²) < 4.78 is 7.60. The van der Waals surface area contributed by atoms with E-state index in [0.717, 1.165) is 17.1 Å². The Morgan fingerprint density at radius 2 is 1.80 bits per heavy atom. The molecule has 0 aliphatic heterocycles. The van der Waals surface area contributed by atoms with Crippen molar-refractivity contribution < 1.29 is 9.53 Å². The molecule has 0 aliphatic carbocycles. The smallest absolute Gasteiger partial charge is 0.219 e. The molecule has 0 aliphatic rings. The van der Waals surface area contributed by atoms with Gasteiger partial charge < -0.3 is 15.8 Å². The van der Waals surface area contributed by atoms with Crippen LogP contribution < -0.4 is 15.8 Å². The Labute approximate surface area is 173 Å². The normalized spacial score (nSPS) is 10.8. The van der Waals surface area contributed by atoms with Crippen LogP contribution in [0.2, 0.25) is 0 Å². The molecule has 0 atom stereocenters. The summed E-state index contributed by atoms with van der Waals surface area (Å²) in [6.45, 7) is 2.75. The molecule has 152 valence electrons. The quantitative estimate of drug-likeness (QED) is 0.491. The molecule has 0 saturated heterocycles. The Bertz CT molecular complexity index is 1160. The van der Waals surface area contributed by atoms with Crippen molar-refractivity contribution in [2.75, 3.05) is 12.3 Å². The zero-order valence-corrected chi connectivity index (χ0v) is 16.6. The van der Waals surface area contributed by atoms with Crippen molar-refractivity contribution in [3.63, 3.8) is 0 Å². The van der Waals surface area contributed by atoms with Gasteiger partial charge >= 0.3 is 0 Å². The summed E-state index contributed by atoms with van der Waals surface area (Å²) in [5.41, 5.74) is 8.34. The molecule has 8 heteroatoms. The number of para-hydroxylation sites is 1. The predicted molar refractivity (Wildman–Crippen MR) is 115 cm³/mol. The van der Waals surface area contributed by atoms with E-state index < -0.39 is 0 Å². The lowest BCUT2D eigenvalue weighted by atomic mass is 10.1. The summed E-state index contributed by atoms with van der Waals surface area (Å²) in [6.07, 6.45) is 1.86. The fourth-order valence-electron chi connectivity index (χ4n) is 3.12. The summed E-state index contributed by atoms with van der Waals surface area (Å²) in [6, 6.07) is 17.2. The first-order chi connectivity index (χ1) is 14.7. The maximum atomic E-state index is 11.5. The fraction of sp³-hybridized carbons (Fsp3) is 0.182. The number of nitrogens with two attached hydrogens (primary N) is 1. The van der Waals surface area contributed by atoms with E-state index in [9.17, 15) is 4.79 Å². The van der Waals surface area contributed by atoms with Gasteiger partial charge in [-0.25, -0.2) is 14.6 Å². The van der Waals surface area contributed by atoms with Gasteiger partial charge in [-0.2, -0.15) is 5.10 Å². The van der Waals surface area contributed by atoms with Crippen LogP contribution in [-0.2, 0) is 11.3 Å². The van der Waals surface area contributed by atoms with Crippen LogP contribution >= 0.6 is 0 Å². The van der Waals surface area contributed by atoms with Crippen LogP contribution in [0.25, 0.3) is 22.3 Å². The van der Waals surface area contributed by atoms with E-state index in [2.05, 4.69) is 15.3 Å². The van der Waals surface area contributed by atoms with Gasteiger partial charge in [0.05, 0.1) is 11.9 Å². The van der Waals surface area contributed by atoms with Gasteiger partial charge in [0.15, 0.2) is 5.65 Å². The Kier molecular flexibility index (Phi) is 5.56. The van der Waals surface area contributed by atoms with Gasteiger partial charge in [0.25, 0.3) is 0 Å². The maximum absolute atomic E-state index is 11.5. The number of carbonyl (C=O) groups excluding carboxylic acids is 1. The molecule has 1 amide bonds. The molecule has 2 aromatic heterocycles. The number of ether oxygens (including phenoxy) is 1. The number of amides is 1. The number of hydrogen-bond acceptors (Lipinski definition) is 6. The largest absolute Gasteiger partial charge is 0.457 e. The average Bonchev–Trinajstić information content (AvgIpc) is 3.15. The zero-order chi connectivity index (χ0) is 20.9. The second-order valence-corrected chi connectivity index (χ2v) is 6.67. The third-order valence-corrected chi connectivity index (χ3v) is 4.63. The number of nitrogens with zero attached hydrogens (tertiary/aromatic N) is 4. The number of rotatable bonds is 7. The minimum atomic E-state index is -0.00479. The minimum absolute atomic E-state index is 0.00479. The average molecular weight is 402 g/mol. The van der Waals surface area contributed by atoms with Gasteiger partial charge in [-0.05, 0) is 36.4 Å². The summed E-state index contributed by atoms with van der Waals surface area (Å²) in [5.74, 6) is 1.85. The lowest BCUT2D eigenvalue weighted by Crippen LogP contribution is -2.26. The summed E-state index contributed by atoms with van der Waals surface area (Å²) >= 11 is 0. The number of carbonyl (C=O) groups is 1. The highest BCUT2D eigenvalue weighted by molar-refractivity contribution is 5.98. The monoisotopic (exact) mass is 402 g/mol. The lowest BCUT2D eigenvalue weighted by Gasteiger charge is -2.06. The van der Waals surface area contributed by atoms with Gasteiger partial charge in [0.1, 0.15) is 29.3 Å². The minimum Gasteiger partial charge on any atom is -0.457 e. The highest BCUT2D eigenvalue weighted by Gasteiger charge is 2.17. The van der Waals surface area contributed by atoms with E-state index in [0.29, 0.717) is 42.1 Å². The van der Waals surface area contributed by atoms with Gasteiger partial charge in [-0.3, -0.25) is 4.79 Å². The van der Waals surface area contributed by atoms with Crippen molar-refractivity contribution in [1.29, 1.82) is 0 Å². The molecule has 0 radical (unpaired) electrons. The van der Waals surface area contributed by atoms with Gasteiger partial charge in [0, 0.05) is 18.5 Å². The molecule has 0 saturated carbocycles. The molecule has 8 nitrogen and oxygen atoms in total. The SMILES string of the molecule is CCC(=O)NCCn1nc(-c2ccc(Oc3ccccc3)cc2)c2c(N)ncnc21. The molecule has 2 aromatic carbocycles. The Morgan fingerprint density at radius 1 is 1.07 bits per heavy atom. The maximum Gasteiger partial charge on any atom is 0.219 e. The Hall–Kier alpha value is -3.94. The first kappa shape index (κ1) is 19.4.